The molecule has 1 heterocycles. The standard InChI is InChI=1S/C17H21BrFN3O2/c18-12-8-14(15(9-13(12)19)22-4-6-24-7-5-22)20-16(23)21-17-3-1-2-11(17)10-17/h8-9,11H,1-7,10H2,(H2,20,21,23). The van der Waals surface area contributed by atoms with Crippen molar-refractivity contribution in [1.29, 1.82) is 0 Å². The Balaban J connectivity index is 1.52. The largest absolute Gasteiger partial charge is 0.378 e. The highest BCUT2D eigenvalue weighted by Gasteiger charge is 2.57. The number of ether oxygens (including phenoxy) is 1. The van der Waals surface area contributed by atoms with Gasteiger partial charge in [0, 0.05) is 24.7 Å². The van der Waals surface area contributed by atoms with Crippen LogP contribution in [0.2, 0.25) is 0 Å². The fourth-order valence-corrected chi connectivity index (χ4v) is 4.37. The van der Waals surface area contributed by atoms with E-state index in [0.29, 0.717) is 48.1 Å². The molecule has 1 aromatic rings. The highest BCUT2D eigenvalue weighted by Crippen LogP contribution is 2.55. The Labute approximate surface area is 149 Å². The summed E-state index contributed by atoms with van der Waals surface area (Å²) in [5.41, 5.74) is 1.33. The lowest BCUT2D eigenvalue weighted by Crippen LogP contribution is -2.41. The predicted octanol–water partition coefficient (Wildman–Crippen LogP) is 3.49. The minimum Gasteiger partial charge on any atom is -0.378 e. The average Bonchev–Trinajstić information content (AvgIpc) is 3.10. The quantitative estimate of drug-likeness (QED) is 0.820. The summed E-state index contributed by atoms with van der Waals surface area (Å²) in [6, 6.07) is 2.90. The summed E-state index contributed by atoms with van der Waals surface area (Å²) in [4.78, 5) is 14.5. The first-order valence-electron chi connectivity index (χ1n) is 8.48. The van der Waals surface area contributed by atoms with Gasteiger partial charge in [-0.25, -0.2) is 9.18 Å². The van der Waals surface area contributed by atoms with E-state index in [4.69, 9.17) is 4.74 Å². The molecule has 0 radical (unpaired) electrons. The molecular weight excluding hydrogens is 377 g/mol. The van der Waals surface area contributed by atoms with E-state index < -0.39 is 0 Å². The van der Waals surface area contributed by atoms with E-state index in [9.17, 15) is 9.18 Å². The lowest BCUT2D eigenvalue weighted by Gasteiger charge is -2.31. The summed E-state index contributed by atoms with van der Waals surface area (Å²) in [5, 5.41) is 6.07. The molecule has 5 nitrogen and oxygen atoms in total. The smallest absolute Gasteiger partial charge is 0.319 e. The van der Waals surface area contributed by atoms with Crippen molar-refractivity contribution in [3.63, 3.8) is 0 Å². The van der Waals surface area contributed by atoms with Crippen LogP contribution in [0, 0.1) is 11.7 Å². The number of morpholine rings is 1. The Bertz CT molecular complexity index is 665. The van der Waals surface area contributed by atoms with Gasteiger partial charge in [0.15, 0.2) is 0 Å². The molecule has 7 heteroatoms. The normalized spacial score (nSPS) is 28.4. The maximum absolute atomic E-state index is 14.0. The van der Waals surface area contributed by atoms with E-state index in [-0.39, 0.29) is 17.4 Å². The number of amides is 2. The summed E-state index contributed by atoms with van der Waals surface area (Å²) in [5.74, 6) is 0.306. The molecule has 1 saturated heterocycles. The first-order chi connectivity index (χ1) is 11.6. The molecular formula is C17H21BrFN3O2. The van der Waals surface area contributed by atoms with Gasteiger partial charge < -0.3 is 20.3 Å². The second-order valence-electron chi connectivity index (χ2n) is 6.91. The number of nitrogens with one attached hydrogen (secondary N) is 2. The van der Waals surface area contributed by atoms with Crippen LogP contribution in [0.25, 0.3) is 0 Å². The third kappa shape index (κ3) is 2.99. The first kappa shape index (κ1) is 16.1. The molecule has 2 saturated carbocycles. The van der Waals surface area contributed by atoms with Crippen LogP contribution in [-0.2, 0) is 4.74 Å². The lowest BCUT2D eigenvalue weighted by atomic mass is 10.2. The Morgan fingerprint density at radius 3 is 2.83 bits per heavy atom. The molecule has 24 heavy (non-hydrogen) atoms. The number of carbonyl (C=O) groups excluding carboxylic acids is 1. The fraction of sp³-hybridized carbons (Fsp3) is 0.588. The van der Waals surface area contributed by atoms with Gasteiger partial charge in [-0.2, -0.15) is 0 Å². The Morgan fingerprint density at radius 1 is 1.38 bits per heavy atom. The summed E-state index contributed by atoms with van der Waals surface area (Å²) in [6.07, 6.45) is 4.55. The third-order valence-electron chi connectivity index (χ3n) is 5.41. The first-order valence-corrected chi connectivity index (χ1v) is 9.28. The Morgan fingerprint density at radius 2 is 2.17 bits per heavy atom. The predicted molar refractivity (Wildman–Crippen MR) is 94.0 cm³/mol. The molecule has 3 fully saturated rings. The van der Waals surface area contributed by atoms with Gasteiger partial charge in [0.05, 0.1) is 29.1 Å². The molecule has 2 N–H and O–H groups in total. The maximum Gasteiger partial charge on any atom is 0.319 e. The van der Waals surface area contributed by atoms with Crippen molar-refractivity contribution in [1.82, 2.24) is 5.32 Å². The van der Waals surface area contributed by atoms with E-state index in [1.165, 1.54) is 18.9 Å². The van der Waals surface area contributed by atoms with Crippen molar-refractivity contribution in [3.05, 3.63) is 22.4 Å². The van der Waals surface area contributed by atoms with Crippen molar-refractivity contribution >= 4 is 33.3 Å². The van der Waals surface area contributed by atoms with Crippen molar-refractivity contribution in [2.75, 3.05) is 36.5 Å². The van der Waals surface area contributed by atoms with Crippen molar-refractivity contribution in [2.24, 2.45) is 5.92 Å². The molecule has 1 aliphatic heterocycles. The molecule has 0 spiro atoms. The number of halogens is 2. The number of carbonyl (C=O) groups is 1. The van der Waals surface area contributed by atoms with Gasteiger partial charge in [-0.3, -0.25) is 0 Å². The Hall–Kier alpha value is -1.34. The molecule has 2 atom stereocenters. The minimum absolute atomic E-state index is 0.0144. The fourth-order valence-electron chi connectivity index (χ4n) is 4.03. The van der Waals surface area contributed by atoms with Crippen LogP contribution < -0.4 is 15.5 Å². The summed E-state index contributed by atoms with van der Waals surface area (Å²) in [7, 11) is 0. The summed E-state index contributed by atoms with van der Waals surface area (Å²) in [6.45, 7) is 2.58. The van der Waals surface area contributed by atoms with Gasteiger partial charge in [0.25, 0.3) is 0 Å². The zero-order valence-electron chi connectivity index (χ0n) is 13.4. The summed E-state index contributed by atoms with van der Waals surface area (Å²) >= 11 is 3.21. The molecule has 0 aromatic heterocycles. The highest BCUT2D eigenvalue weighted by molar-refractivity contribution is 9.10. The lowest BCUT2D eigenvalue weighted by molar-refractivity contribution is 0.122. The van der Waals surface area contributed by atoms with E-state index in [1.807, 2.05) is 4.90 Å². The monoisotopic (exact) mass is 397 g/mol. The molecule has 130 valence electrons. The second kappa shape index (κ2) is 6.19. The van der Waals surface area contributed by atoms with E-state index in [0.717, 1.165) is 12.8 Å². The second-order valence-corrected chi connectivity index (χ2v) is 7.77. The van der Waals surface area contributed by atoms with Gasteiger partial charge in [-0.05, 0) is 47.2 Å². The molecule has 2 unspecified atom stereocenters. The van der Waals surface area contributed by atoms with Crippen molar-refractivity contribution < 1.29 is 13.9 Å². The van der Waals surface area contributed by atoms with Gasteiger partial charge in [-0.1, -0.05) is 6.42 Å². The number of anilines is 2. The molecule has 3 aliphatic rings. The number of fused-ring (bicyclic) bond motifs is 1. The van der Waals surface area contributed by atoms with Crippen LogP contribution >= 0.6 is 15.9 Å². The minimum atomic E-state index is -0.334. The Kier molecular flexibility index (Phi) is 4.16. The molecule has 2 amide bonds. The highest BCUT2D eigenvalue weighted by atomic mass is 79.9. The number of urea groups is 1. The topological polar surface area (TPSA) is 53.6 Å². The van der Waals surface area contributed by atoms with Gasteiger partial charge in [0.1, 0.15) is 5.82 Å². The number of hydrogen-bond acceptors (Lipinski definition) is 3. The maximum atomic E-state index is 14.0. The molecule has 2 aliphatic carbocycles. The third-order valence-corrected chi connectivity index (χ3v) is 6.02. The molecule has 1 aromatic carbocycles. The zero-order valence-corrected chi connectivity index (χ0v) is 15.0. The number of benzene rings is 1. The van der Waals surface area contributed by atoms with Gasteiger partial charge >= 0.3 is 6.03 Å². The molecule has 4 rings (SSSR count). The summed E-state index contributed by atoms with van der Waals surface area (Å²) < 4.78 is 19.7. The van der Waals surface area contributed by atoms with Crippen molar-refractivity contribution in [2.45, 2.75) is 31.2 Å². The SMILES string of the molecule is O=C(Nc1cc(Br)c(F)cc1N1CCOCC1)NC12CCCC1C2. The van der Waals surface area contributed by atoms with Gasteiger partial charge in [-0.15, -0.1) is 0 Å². The average molecular weight is 398 g/mol. The van der Waals surface area contributed by atoms with Gasteiger partial charge in [0.2, 0.25) is 0 Å². The van der Waals surface area contributed by atoms with Crippen LogP contribution in [0.1, 0.15) is 25.7 Å². The molecule has 0 bridgehead atoms. The van der Waals surface area contributed by atoms with E-state index in [2.05, 4.69) is 26.6 Å². The number of rotatable bonds is 3. The van der Waals surface area contributed by atoms with Crippen LogP contribution in [0.3, 0.4) is 0 Å². The van der Waals surface area contributed by atoms with Crippen LogP contribution in [0.4, 0.5) is 20.6 Å². The zero-order chi connectivity index (χ0) is 16.7. The van der Waals surface area contributed by atoms with Crippen LogP contribution in [-0.4, -0.2) is 37.9 Å². The van der Waals surface area contributed by atoms with Crippen LogP contribution in [0.5, 0.6) is 0 Å². The van der Waals surface area contributed by atoms with Crippen LogP contribution in [0.15, 0.2) is 16.6 Å². The number of hydrogen-bond donors (Lipinski definition) is 2. The van der Waals surface area contributed by atoms with E-state index in [1.54, 1.807) is 6.07 Å². The number of nitrogens with zero attached hydrogens (tertiary/aromatic N) is 1. The van der Waals surface area contributed by atoms with Crippen molar-refractivity contribution in [3.8, 4) is 0 Å². The van der Waals surface area contributed by atoms with E-state index >= 15 is 0 Å².